The minimum absolute atomic E-state index is 0.303. The average molecular weight is 476 g/mol. The number of hydrogen-bond acceptors (Lipinski definition) is 5. The molecule has 0 aromatic heterocycles. The highest BCUT2D eigenvalue weighted by Crippen LogP contribution is 2.14. The number of nitrogens with one attached hydrogen (secondary N) is 3. The molecule has 0 heterocycles. The van der Waals surface area contributed by atoms with Crippen molar-refractivity contribution in [2.45, 2.75) is 32.6 Å². The summed E-state index contributed by atoms with van der Waals surface area (Å²) >= 11 is 0. The Bertz CT molecular complexity index is 1090. The Morgan fingerprint density at radius 2 is 1.66 bits per heavy atom. The fraction of sp³-hybridized carbons (Fsp3) is 0.286. The van der Waals surface area contributed by atoms with Gasteiger partial charge in [-0.05, 0) is 55.8 Å². The monoisotopic (exact) mass is 475 g/mol. The number of carbonyl (C=O) groups excluding carboxylic acids is 2. The van der Waals surface area contributed by atoms with Crippen molar-refractivity contribution in [3.63, 3.8) is 0 Å². The van der Waals surface area contributed by atoms with Crippen LogP contribution in [-0.2, 0) is 16.1 Å². The van der Waals surface area contributed by atoms with E-state index in [0.29, 0.717) is 25.3 Å². The molecule has 35 heavy (non-hydrogen) atoms. The Morgan fingerprint density at radius 1 is 0.914 bits per heavy atom. The van der Waals surface area contributed by atoms with Crippen molar-refractivity contribution >= 4 is 17.5 Å². The first kappa shape index (κ1) is 25.8. The number of carbonyl (C=O) groups is 2. The Balaban J connectivity index is 1.59. The molecule has 184 valence electrons. The third-order valence-electron chi connectivity index (χ3n) is 5.52. The molecule has 0 spiro atoms. The molecule has 0 aliphatic rings. The molecule has 3 N–H and O–H groups in total. The molecule has 0 aliphatic heterocycles. The third kappa shape index (κ3) is 8.15. The van der Waals surface area contributed by atoms with Crippen molar-refractivity contribution in [3.05, 3.63) is 95.6 Å². The maximum absolute atomic E-state index is 13.1. The summed E-state index contributed by atoms with van der Waals surface area (Å²) in [7, 11) is 1.62. The van der Waals surface area contributed by atoms with Crippen molar-refractivity contribution in [3.8, 4) is 5.75 Å². The minimum Gasteiger partial charge on any atom is -0.497 e. The summed E-state index contributed by atoms with van der Waals surface area (Å²) < 4.78 is 11.1. The van der Waals surface area contributed by atoms with E-state index >= 15 is 0 Å². The van der Waals surface area contributed by atoms with Crippen LogP contribution in [0.4, 0.5) is 5.69 Å². The topological polar surface area (TPSA) is 88.7 Å². The number of benzene rings is 3. The van der Waals surface area contributed by atoms with Gasteiger partial charge in [0.25, 0.3) is 5.91 Å². The number of anilines is 1. The SMILES string of the molecule is COc1ccc(NCCNC(=O)C(NC(=O)c2cccc(C)c2)C(C)OCc2ccccc2)cc1. The Morgan fingerprint density at radius 3 is 2.34 bits per heavy atom. The molecule has 7 nitrogen and oxygen atoms in total. The maximum Gasteiger partial charge on any atom is 0.252 e. The van der Waals surface area contributed by atoms with Crippen LogP contribution < -0.4 is 20.7 Å². The van der Waals surface area contributed by atoms with Crippen molar-refractivity contribution < 1.29 is 19.1 Å². The van der Waals surface area contributed by atoms with Gasteiger partial charge in [0.05, 0.1) is 19.8 Å². The Kier molecular flexibility index (Phi) is 9.69. The minimum atomic E-state index is -0.854. The van der Waals surface area contributed by atoms with Gasteiger partial charge in [-0.1, -0.05) is 48.0 Å². The second-order valence-electron chi connectivity index (χ2n) is 8.27. The molecule has 0 aliphatic carbocycles. The van der Waals surface area contributed by atoms with E-state index in [0.717, 1.165) is 22.6 Å². The quantitative estimate of drug-likeness (QED) is 0.346. The molecule has 0 saturated carbocycles. The van der Waals surface area contributed by atoms with Gasteiger partial charge in [-0.3, -0.25) is 9.59 Å². The van der Waals surface area contributed by atoms with Gasteiger partial charge in [-0.2, -0.15) is 0 Å². The lowest BCUT2D eigenvalue weighted by molar-refractivity contribution is -0.126. The Hall–Kier alpha value is -3.84. The van der Waals surface area contributed by atoms with Gasteiger partial charge in [-0.25, -0.2) is 0 Å². The zero-order valence-electron chi connectivity index (χ0n) is 20.4. The highest BCUT2D eigenvalue weighted by atomic mass is 16.5. The predicted octanol–water partition coefficient (Wildman–Crippen LogP) is 3.94. The van der Waals surface area contributed by atoms with E-state index in [9.17, 15) is 9.59 Å². The van der Waals surface area contributed by atoms with E-state index < -0.39 is 12.1 Å². The number of methoxy groups -OCH3 is 1. The smallest absolute Gasteiger partial charge is 0.252 e. The van der Waals surface area contributed by atoms with Gasteiger partial charge in [0, 0.05) is 24.3 Å². The van der Waals surface area contributed by atoms with E-state index in [1.54, 1.807) is 26.2 Å². The van der Waals surface area contributed by atoms with Crippen LogP contribution in [0.25, 0.3) is 0 Å². The van der Waals surface area contributed by atoms with E-state index in [1.165, 1.54) is 0 Å². The number of aryl methyl sites for hydroxylation is 1. The standard InChI is InChI=1S/C28H33N3O4/c1-20-8-7-11-23(18-20)27(32)31-26(21(2)35-19-22-9-5-4-6-10-22)28(33)30-17-16-29-24-12-14-25(34-3)15-13-24/h4-15,18,21,26,29H,16-17,19H2,1-3H3,(H,30,33)(H,31,32). The average Bonchev–Trinajstić information content (AvgIpc) is 2.89. The number of amides is 2. The molecule has 3 rings (SSSR count). The van der Waals surface area contributed by atoms with Crippen LogP contribution in [0.3, 0.4) is 0 Å². The summed E-state index contributed by atoms with van der Waals surface area (Å²) in [5, 5.41) is 9.01. The zero-order chi connectivity index (χ0) is 25.0. The first-order valence-corrected chi connectivity index (χ1v) is 11.6. The van der Waals surface area contributed by atoms with Crippen LogP contribution in [-0.4, -0.2) is 44.2 Å². The van der Waals surface area contributed by atoms with Crippen LogP contribution in [0.15, 0.2) is 78.9 Å². The van der Waals surface area contributed by atoms with Crippen LogP contribution in [0, 0.1) is 6.92 Å². The second kappa shape index (κ2) is 13.2. The molecule has 2 atom stereocenters. The van der Waals surface area contributed by atoms with Gasteiger partial charge in [0.2, 0.25) is 5.91 Å². The normalized spacial score (nSPS) is 12.3. The molecule has 3 aromatic carbocycles. The predicted molar refractivity (Wildman–Crippen MR) is 138 cm³/mol. The van der Waals surface area contributed by atoms with Gasteiger partial charge < -0.3 is 25.4 Å². The van der Waals surface area contributed by atoms with Crippen molar-refractivity contribution in [2.24, 2.45) is 0 Å². The molecular weight excluding hydrogens is 442 g/mol. The van der Waals surface area contributed by atoms with Crippen LogP contribution in [0.2, 0.25) is 0 Å². The highest BCUT2D eigenvalue weighted by Gasteiger charge is 2.28. The maximum atomic E-state index is 13.1. The molecule has 3 aromatic rings. The number of ether oxygens (including phenoxy) is 2. The lowest BCUT2D eigenvalue weighted by Crippen LogP contribution is -2.53. The second-order valence-corrected chi connectivity index (χ2v) is 8.27. The summed E-state index contributed by atoms with van der Waals surface area (Å²) in [4.78, 5) is 26.0. The lowest BCUT2D eigenvalue weighted by Gasteiger charge is -2.25. The highest BCUT2D eigenvalue weighted by molar-refractivity contribution is 5.97. The molecule has 0 saturated heterocycles. The molecule has 0 fully saturated rings. The van der Waals surface area contributed by atoms with Gasteiger partial charge >= 0.3 is 0 Å². The van der Waals surface area contributed by atoms with Gasteiger partial charge in [0.15, 0.2) is 0 Å². The lowest BCUT2D eigenvalue weighted by atomic mass is 10.1. The summed E-state index contributed by atoms with van der Waals surface area (Å²) in [6.07, 6.45) is -0.543. The van der Waals surface area contributed by atoms with Crippen molar-refractivity contribution in [1.29, 1.82) is 0 Å². The molecule has 2 unspecified atom stereocenters. The van der Waals surface area contributed by atoms with Crippen molar-refractivity contribution in [2.75, 3.05) is 25.5 Å². The fourth-order valence-corrected chi connectivity index (χ4v) is 3.52. The molecule has 0 radical (unpaired) electrons. The summed E-state index contributed by atoms with van der Waals surface area (Å²) in [5.74, 6) is 0.156. The van der Waals surface area contributed by atoms with Gasteiger partial charge in [0.1, 0.15) is 11.8 Å². The largest absolute Gasteiger partial charge is 0.497 e. The first-order valence-electron chi connectivity index (χ1n) is 11.6. The van der Waals surface area contributed by atoms with E-state index in [2.05, 4.69) is 16.0 Å². The van der Waals surface area contributed by atoms with Crippen molar-refractivity contribution in [1.82, 2.24) is 10.6 Å². The number of hydrogen-bond donors (Lipinski definition) is 3. The summed E-state index contributed by atoms with van der Waals surface area (Å²) in [5.41, 5.74) is 3.38. The van der Waals surface area contributed by atoms with Crippen LogP contribution in [0.1, 0.15) is 28.4 Å². The number of rotatable bonds is 12. The van der Waals surface area contributed by atoms with E-state index in [-0.39, 0.29) is 11.8 Å². The summed E-state index contributed by atoms with van der Waals surface area (Å²) in [6.45, 7) is 4.95. The fourth-order valence-electron chi connectivity index (χ4n) is 3.52. The Labute approximate surface area is 206 Å². The van der Waals surface area contributed by atoms with E-state index in [1.807, 2.05) is 73.7 Å². The van der Waals surface area contributed by atoms with Crippen LogP contribution in [0.5, 0.6) is 5.75 Å². The summed E-state index contributed by atoms with van der Waals surface area (Å²) in [6, 6.07) is 23.7. The third-order valence-corrected chi connectivity index (χ3v) is 5.52. The van der Waals surface area contributed by atoms with Crippen LogP contribution >= 0.6 is 0 Å². The zero-order valence-corrected chi connectivity index (χ0v) is 20.4. The molecular formula is C28H33N3O4. The van der Waals surface area contributed by atoms with Gasteiger partial charge in [-0.15, -0.1) is 0 Å². The first-order chi connectivity index (χ1) is 17.0. The molecule has 0 bridgehead atoms. The molecule has 7 heteroatoms. The molecule has 2 amide bonds. The van der Waals surface area contributed by atoms with E-state index in [4.69, 9.17) is 9.47 Å².